The third kappa shape index (κ3) is 3.34. The molecule has 3 aromatic carbocycles. The van der Waals surface area contributed by atoms with Crippen LogP contribution in [-0.4, -0.2) is 30.4 Å². The largest absolute Gasteiger partial charge is 0.496 e. The quantitative estimate of drug-likeness (QED) is 0.379. The zero-order valence-corrected chi connectivity index (χ0v) is 16.9. The van der Waals surface area contributed by atoms with Crippen LogP contribution >= 0.6 is 0 Å². The maximum absolute atomic E-state index is 12.8. The number of amides is 2. The first-order chi connectivity index (χ1) is 14.8. The molecule has 0 fully saturated rings. The molecule has 3 aromatic rings. The van der Waals surface area contributed by atoms with Crippen molar-refractivity contribution in [3.8, 4) is 16.9 Å². The first-order valence-electron chi connectivity index (χ1n) is 9.52. The molecule has 1 aliphatic heterocycles. The molecule has 1 heterocycles. The fourth-order valence-corrected chi connectivity index (χ4v) is 3.84. The summed E-state index contributed by atoms with van der Waals surface area (Å²) in [5.74, 6) is -0.342. The van der Waals surface area contributed by atoms with Crippen LogP contribution in [0.4, 0.5) is 11.4 Å². The minimum absolute atomic E-state index is 0.0908. The van der Waals surface area contributed by atoms with Gasteiger partial charge in [0.2, 0.25) is 11.6 Å². The number of fused-ring (bicyclic) bond motifs is 3. The lowest BCUT2D eigenvalue weighted by Gasteiger charge is -2.15. The number of carbonyl (C=O) groups is 2. The number of anilines is 1. The molecule has 0 aliphatic carbocycles. The highest BCUT2D eigenvalue weighted by Gasteiger charge is 2.29. The molecule has 4 N–H and O–H groups in total. The lowest BCUT2D eigenvalue weighted by molar-refractivity contribution is -0.114. The van der Waals surface area contributed by atoms with E-state index in [-0.39, 0.29) is 18.0 Å². The highest BCUT2D eigenvalue weighted by Crippen LogP contribution is 2.39. The van der Waals surface area contributed by atoms with E-state index in [0.29, 0.717) is 29.2 Å². The molecule has 0 saturated carbocycles. The van der Waals surface area contributed by atoms with Crippen LogP contribution in [-0.2, 0) is 11.3 Å². The van der Waals surface area contributed by atoms with Gasteiger partial charge in [-0.2, -0.15) is 0 Å². The Morgan fingerprint density at radius 2 is 1.97 bits per heavy atom. The molecular formula is C24H20N4O3. The molecule has 4 rings (SSSR count). The van der Waals surface area contributed by atoms with E-state index in [2.05, 4.69) is 11.4 Å². The van der Waals surface area contributed by atoms with Crippen LogP contribution in [0.5, 0.6) is 5.75 Å². The third-order valence-electron chi connectivity index (χ3n) is 5.52. The summed E-state index contributed by atoms with van der Waals surface area (Å²) in [5.41, 5.74) is 15.2. The van der Waals surface area contributed by atoms with Crippen molar-refractivity contribution < 1.29 is 14.3 Å². The van der Waals surface area contributed by atoms with Crippen LogP contribution in [0.2, 0.25) is 0 Å². The number of nitrogens with zero attached hydrogens (tertiary/aromatic N) is 2. The number of carbonyl (C=O) groups excluding carboxylic acids is 2. The highest BCUT2D eigenvalue weighted by molar-refractivity contribution is 6.05. The lowest BCUT2D eigenvalue weighted by Crippen LogP contribution is -2.30. The van der Waals surface area contributed by atoms with Crippen LogP contribution < -0.4 is 16.2 Å². The van der Waals surface area contributed by atoms with Crippen molar-refractivity contribution in [2.24, 2.45) is 5.73 Å². The number of nitrogens with two attached hydrogens (primary N) is 2. The number of hydrogen-bond acceptors (Lipinski definition) is 4. The molecule has 0 aromatic heterocycles. The van der Waals surface area contributed by atoms with E-state index >= 15 is 0 Å². The van der Waals surface area contributed by atoms with E-state index in [9.17, 15) is 9.59 Å². The molecule has 2 amide bonds. The molecule has 0 atom stereocenters. The van der Waals surface area contributed by atoms with E-state index in [1.165, 1.54) is 7.11 Å². The van der Waals surface area contributed by atoms with Gasteiger partial charge in [-0.15, -0.1) is 0 Å². The van der Waals surface area contributed by atoms with Crippen LogP contribution in [0.25, 0.3) is 26.7 Å². The molecule has 1 aliphatic rings. The molecule has 0 saturated heterocycles. The first-order valence-corrected chi connectivity index (χ1v) is 9.52. The van der Waals surface area contributed by atoms with Crippen LogP contribution in [0.1, 0.15) is 15.9 Å². The second-order valence-corrected chi connectivity index (χ2v) is 7.38. The van der Waals surface area contributed by atoms with Gasteiger partial charge in [-0.25, -0.2) is 4.85 Å². The second kappa shape index (κ2) is 7.50. The van der Waals surface area contributed by atoms with Gasteiger partial charge in [0, 0.05) is 17.7 Å². The number of hydrogen-bond donors (Lipinski definition) is 2. The zero-order valence-electron chi connectivity index (χ0n) is 16.9. The zero-order chi connectivity index (χ0) is 22.3. The van der Waals surface area contributed by atoms with Gasteiger partial charge in [0.25, 0.3) is 5.91 Å². The molecule has 0 spiro atoms. The van der Waals surface area contributed by atoms with E-state index in [1.54, 1.807) is 23.1 Å². The molecule has 7 heteroatoms. The maximum atomic E-state index is 12.8. The van der Waals surface area contributed by atoms with E-state index in [4.69, 9.17) is 22.8 Å². The Morgan fingerprint density at radius 3 is 2.65 bits per heavy atom. The molecular weight excluding hydrogens is 392 g/mol. The Bertz CT molecular complexity index is 1320. The molecule has 0 bridgehead atoms. The number of methoxy groups -OCH3 is 1. The van der Waals surface area contributed by atoms with Crippen molar-refractivity contribution >= 4 is 34.0 Å². The summed E-state index contributed by atoms with van der Waals surface area (Å²) in [6.45, 7) is 11.5. The normalized spacial score (nSPS) is 12.5. The Hall–Kier alpha value is -4.31. The van der Waals surface area contributed by atoms with Crippen molar-refractivity contribution in [1.82, 2.24) is 4.90 Å². The molecule has 31 heavy (non-hydrogen) atoms. The van der Waals surface area contributed by atoms with Crippen molar-refractivity contribution in [1.29, 1.82) is 0 Å². The van der Waals surface area contributed by atoms with Gasteiger partial charge >= 0.3 is 0 Å². The summed E-state index contributed by atoms with van der Waals surface area (Å²) < 4.78 is 5.33. The van der Waals surface area contributed by atoms with E-state index < -0.39 is 5.91 Å². The van der Waals surface area contributed by atoms with Gasteiger partial charge in [0.15, 0.2) is 0 Å². The smallest absolute Gasteiger partial charge is 0.254 e. The van der Waals surface area contributed by atoms with E-state index in [0.717, 1.165) is 27.5 Å². The fraction of sp³-hybridized carbons (Fsp3) is 0.125. The van der Waals surface area contributed by atoms with Crippen molar-refractivity contribution in [3.63, 3.8) is 0 Å². The predicted octanol–water partition coefficient (Wildman–Crippen LogP) is 3.65. The topological polar surface area (TPSA) is 103 Å². The summed E-state index contributed by atoms with van der Waals surface area (Å²) in [7, 11) is 1.51. The Labute approximate surface area is 179 Å². The molecule has 0 radical (unpaired) electrons. The van der Waals surface area contributed by atoms with Crippen LogP contribution in [0, 0.1) is 6.57 Å². The van der Waals surface area contributed by atoms with Crippen molar-refractivity contribution in [3.05, 3.63) is 77.2 Å². The lowest BCUT2D eigenvalue weighted by atomic mass is 9.95. The number of rotatable bonds is 5. The monoisotopic (exact) mass is 412 g/mol. The van der Waals surface area contributed by atoms with Gasteiger partial charge in [-0.3, -0.25) is 9.59 Å². The second-order valence-electron chi connectivity index (χ2n) is 7.38. The summed E-state index contributed by atoms with van der Waals surface area (Å²) >= 11 is 0. The fourth-order valence-electron chi connectivity index (χ4n) is 3.84. The van der Waals surface area contributed by atoms with Gasteiger partial charge < -0.3 is 21.1 Å². The average molecular weight is 412 g/mol. The van der Waals surface area contributed by atoms with Crippen molar-refractivity contribution in [2.75, 3.05) is 19.4 Å². The predicted molar refractivity (Wildman–Crippen MR) is 120 cm³/mol. The van der Waals surface area contributed by atoms with Gasteiger partial charge in [-0.05, 0) is 51.7 Å². The standard InChI is InChI=1S/C24H20N4O3/c1-13(23(26)29)11-28-12-19-17(24(28)30)7-6-14-4-5-15(8-18(14)19)16-9-20(27-2)22(25)21(10-16)31-3/h4-10H,1,11-12,25H2,3H3,(H2,26,29). The van der Waals surface area contributed by atoms with Crippen molar-refractivity contribution in [2.45, 2.75) is 6.54 Å². The van der Waals surface area contributed by atoms with Gasteiger partial charge in [0.05, 0.1) is 25.9 Å². The molecule has 154 valence electrons. The summed E-state index contributed by atoms with van der Waals surface area (Å²) in [5, 5.41) is 1.91. The van der Waals surface area contributed by atoms with Crippen LogP contribution in [0.15, 0.2) is 54.6 Å². The van der Waals surface area contributed by atoms with Gasteiger partial charge in [0.1, 0.15) is 5.75 Å². The number of benzene rings is 3. The molecule has 0 unspecified atom stereocenters. The van der Waals surface area contributed by atoms with E-state index in [1.807, 2.05) is 24.3 Å². The number of primary amides is 1. The first kappa shape index (κ1) is 20.0. The average Bonchev–Trinajstić information content (AvgIpc) is 3.09. The Balaban J connectivity index is 1.81. The highest BCUT2D eigenvalue weighted by atomic mass is 16.5. The summed E-state index contributed by atoms with van der Waals surface area (Å²) in [4.78, 5) is 29.2. The Kier molecular flexibility index (Phi) is 4.84. The molecule has 7 nitrogen and oxygen atoms in total. The minimum atomic E-state index is -0.621. The summed E-state index contributed by atoms with van der Waals surface area (Å²) in [6.07, 6.45) is 0. The van der Waals surface area contributed by atoms with Gasteiger partial charge in [-0.1, -0.05) is 24.8 Å². The SMILES string of the molecule is [C-]#[N+]c1cc(-c2ccc3ccc4c(c3c2)CN(CC(=C)C(N)=O)C4=O)cc(OC)c1N. The Morgan fingerprint density at radius 1 is 1.23 bits per heavy atom. The third-order valence-corrected chi connectivity index (χ3v) is 5.52. The summed E-state index contributed by atoms with van der Waals surface area (Å²) in [6, 6.07) is 13.1. The minimum Gasteiger partial charge on any atom is -0.496 e. The number of nitrogen functional groups attached to an aromatic ring is 1. The maximum Gasteiger partial charge on any atom is 0.254 e. The van der Waals surface area contributed by atoms with Crippen LogP contribution in [0.3, 0.4) is 0 Å². The number of ether oxygens (including phenoxy) is 1.